The van der Waals surface area contributed by atoms with Gasteiger partial charge in [-0.1, -0.05) is 60.7 Å². The first-order valence-electron chi connectivity index (χ1n) is 12.0. The average Bonchev–Trinajstić information content (AvgIpc) is 3.52. The minimum absolute atomic E-state index is 0.00245. The summed E-state index contributed by atoms with van der Waals surface area (Å²) in [6, 6.07) is 26.8. The van der Waals surface area contributed by atoms with Gasteiger partial charge in [-0.05, 0) is 29.3 Å². The number of nitrogens with zero attached hydrogens (tertiary/aromatic N) is 3. The zero-order valence-corrected chi connectivity index (χ0v) is 19.2. The smallest absolute Gasteiger partial charge is 0.223 e. The largest absolute Gasteiger partial charge is 0.371 e. The molecular formula is C28H27N5O2. The lowest BCUT2D eigenvalue weighted by molar-refractivity contribution is 0.0674. The monoisotopic (exact) mass is 465 g/mol. The number of nitrogens with one attached hydrogen (secondary N) is 2. The summed E-state index contributed by atoms with van der Waals surface area (Å²) in [6.07, 6.45) is 3.54. The maximum absolute atomic E-state index is 6.11. The van der Waals surface area contributed by atoms with E-state index in [9.17, 15) is 0 Å². The molecule has 0 saturated carbocycles. The van der Waals surface area contributed by atoms with E-state index in [1.807, 2.05) is 36.5 Å². The van der Waals surface area contributed by atoms with Gasteiger partial charge < -0.3 is 20.1 Å². The Balaban J connectivity index is 1.10. The van der Waals surface area contributed by atoms with Gasteiger partial charge >= 0.3 is 0 Å². The summed E-state index contributed by atoms with van der Waals surface area (Å²) in [5, 5.41) is 6.97. The highest BCUT2D eigenvalue weighted by Crippen LogP contribution is 2.29. The Morgan fingerprint density at radius 2 is 1.40 bits per heavy atom. The van der Waals surface area contributed by atoms with E-state index >= 15 is 0 Å². The number of ether oxygens (including phenoxy) is 2. The highest BCUT2D eigenvalue weighted by Gasteiger charge is 2.47. The van der Waals surface area contributed by atoms with Crippen LogP contribution in [-0.2, 0) is 16.0 Å². The zero-order valence-electron chi connectivity index (χ0n) is 19.2. The second-order valence-electron chi connectivity index (χ2n) is 8.86. The number of hydrogen-bond acceptors (Lipinski definition) is 7. The highest BCUT2D eigenvalue weighted by molar-refractivity contribution is 5.69. The molecule has 7 nitrogen and oxygen atoms in total. The molecule has 2 aromatic carbocycles. The normalized spacial score (nSPS) is 23.2. The molecule has 4 heterocycles. The number of hydrogen-bond donors (Lipinski definition) is 2. The lowest BCUT2D eigenvalue weighted by Crippen LogP contribution is -2.42. The molecule has 0 amide bonds. The van der Waals surface area contributed by atoms with Crippen molar-refractivity contribution in [2.75, 3.05) is 18.5 Å². The molecule has 7 heteroatoms. The molecule has 0 aliphatic carbocycles. The molecule has 0 radical (unpaired) electrons. The van der Waals surface area contributed by atoms with Gasteiger partial charge in [-0.3, -0.25) is 4.98 Å². The zero-order chi connectivity index (χ0) is 23.5. The topological polar surface area (TPSA) is 81.2 Å². The van der Waals surface area contributed by atoms with E-state index in [0.29, 0.717) is 25.7 Å². The maximum atomic E-state index is 6.11. The molecule has 2 fully saturated rings. The van der Waals surface area contributed by atoms with E-state index in [1.165, 1.54) is 11.1 Å². The lowest BCUT2D eigenvalue weighted by atomic mass is 10.0. The van der Waals surface area contributed by atoms with Gasteiger partial charge in [0.15, 0.2) is 0 Å². The molecule has 4 unspecified atom stereocenters. The summed E-state index contributed by atoms with van der Waals surface area (Å²) in [5.41, 5.74) is 5.31. The maximum Gasteiger partial charge on any atom is 0.223 e. The van der Waals surface area contributed by atoms with Gasteiger partial charge in [-0.25, -0.2) is 9.97 Å². The van der Waals surface area contributed by atoms with E-state index in [0.717, 1.165) is 17.0 Å². The molecule has 4 aromatic rings. The third kappa shape index (κ3) is 4.79. The van der Waals surface area contributed by atoms with Gasteiger partial charge in [0, 0.05) is 24.5 Å². The van der Waals surface area contributed by atoms with Gasteiger partial charge in [-0.2, -0.15) is 0 Å². The molecular weight excluding hydrogens is 438 g/mol. The first-order chi connectivity index (χ1) is 17.3. The molecule has 6 rings (SSSR count). The van der Waals surface area contributed by atoms with Crippen LogP contribution >= 0.6 is 0 Å². The highest BCUT2D eigenvalue weighted by atomic mass is 16.6. The molecule has 2 aliphatic rings. The predicted molar refractivity (Wildman–Crippen MR) is 135 cm³/mol. The van der Waals surface area contributed by atoms with Crippen molar-refractivity contribution in [1.82, 2.24) is 20.3 Å². The Morgan fingerprint density at radius 3 is 2.20 bits per heavy atom. The van der Waals surface area contributed by atoms with Gasteiger partial charge in [-0.15, -0.1) is 0 Å². The summed E-state index contributed by atoms with van der Waals surface area (Å²) >= 11 is 0. The quantitative estimate of drug-likeness (QED) is 0.428. The minimum atomic E-state index is -0.0476. The number of aromatic nitrogens is 3. The van der Waals surface area contributed by atoms with Crippen molar-refractivity contribution in [2.45, 2.75) is 30.8 Å². The Kier molecular flexibility index (Phi) is 6.19. The van der Waals surface area contributed by atoms with Crippen LogP contribution in [0.15, 0.2) is 91.3 Å². The number of pyridine rings is 1. The first kappa shape index (κ1) is 21.9. The van der Waals surface area contributed by atoms with Crippen LogP contribution in [0.1, 0.15) is 5.69 Å². The van der Waals surface area contributed by atoms with E-state index in [-0.39, 0.29) is 24.3 Å². The molecule has 4 atom stereocenters. The molecule has 0 bridgehead atoms. The Hall–Kier alpha value is -3.65. The Morgan fingerprint density at radius 1 is 0.686 bits per heavy atom. The summed E-state index contributed by atoms with van der Waals surface area (Å²) in [4.78, 5) is 13.6. The molecule has 0 spiro atoms. The van der Waals surface area contributed by atoms with Crippen molar-refractivity contribution in [3.8, 4) is 22.4 Å². The fourth-order valence-corrected chi connectivity index (χ4v) is 4.76. The molecule has 35 heavy (non-hydrogen) atoms. The van der Waals surface area contributed by atoms with E-state index in [1.54, 1.807) is 6.20 Å². The summed E-state index contributed by atoms with van der Waals surface area (Å²) in [6.45, 7) is 1.85. The second-order valence-corrected chi connectivity index (χ2v) is 8.86. The molecule has 2 aromatic heterocycles. The van der Waals surface area contributed by atoms with Gasteiger partial charge in [0.05, 0.1) is 36.7 Å². The van der Waals surface area contributed by atoms with Crippen molar-refractivity contribution in [1.29, 1.82) is 0 Å². The average molecular weight is 466 g/mol. The van der Waals surface area contributed by atoms with Crippen LogP contribution in [0.3, 0.4) is 0 Å². The summed E-state index contributed by atoms with van der Waals surface area (Å²) in [5.74, 6) is 0.581. The number of benzene rings is 2. The standard InChI is InChI=1S/C28H27N5O2/c1-2-6-19(7-3-1)20-9-11-21(12-10-20)23-13-15-30-28(32-23)33-25-18-35-26-24(17-34-27(25)26)31-16-22-8-4-5-14-29-22/h1-15,24-27,31H,16-18H2,(H,30,32,33). The van der Waals surface area contributed by atoms with Gasteiger partial charge in [0.1, 0.15) is 12.2 Å². The Labute approximate surface area is 204 Å². The van der Waals surface area contributed by atoms with Crippen LogP contribution in [0, 0.1) is 0 Å². The molecule has 2 N–H and O–H groups in total. The van der Waals surface area contributed by atoms with Gasteiger partial charge in [0.2, 0.25) is 5.95 Å². The summed E-state index contributed by atoms with van der Waals surface area (Å²) in [7, 11) is 0. The van der Waals surface area contributed by atoms with Crippen LogP contribution in [0.25, 0.3) is 22.4 Å². The second kappa shape index (κ2) is 9.92. The van der Waals surface area contributed by atoms with Crippen molar-refractivity contribution >= 4 is 5.95 Å². The van der Waals surface area contributed by atoms with Crippen molar-refractivity contribution in [3.63, 3.8) is 0 Å². The van der Waals surface area contributed by atoms with E-state index < -0.39 is 0 Å². The predicted octanol–water partition coefficient (Wildman–Crippen LogP) is 3.94. The van der Waals surface area contributed by atoms with Crippen LogP contribution < -0.4 is 10.6 Å². The van der Waals surface area contributed by atoms with Crippen LogP contribution in [0.5, 0.6) is 0 Å². The first-order valence-corrected chi connectivity index (χ1v) is 12.0. The molecule has 176 valence electrons. The minimum Gasteiger partial charge on any atom is -0.371 e. The molecule has 2 aliphatic heterocycles. The number of rotatable bonds is 7. The van der Waals surface area contributed by atoms with Crippen molar-refractivity contribution in [3.05, 3.63) is 97.0 Å². The molecule has 2 saturated heterocycles. The van der Waals surface area contributed by atoms with E-state index in [2.05, 4.69) is 69.1 Å². The van der Waals surface area contributed by atoms with Crippen LogP contribution in [0.2, 0.25) is 0 Å². The fraction of sp³-hybridized carbons (Fsp3) is 0.250. The summed E-state index contributed by atoms with van der Waals surface area (Å²) < 4.78 is 12.2. The van der Waals surface area contributed by atoms with E-state index in [4.69, 9.17) is 14.5 Å². The third-order valence-corrected chi connectivity index (χ3v) is 6.58. The third-order valence-electron chi connectivity index (χ3n) is 6.58. The van der Waals surface area contributed by atoms with Crippen molar-refractivity contribution in [2.24, 2.45) is 0 Å². The lowest BCUT2D eigenvalue weighted by Gasteiger charge is -2.18. The number of anilines is 1. The SMILES string of the molecule is c1ccc(-c2ccc(-c3ccnc(NC4COC5C(NCc6ccccn6)COC45)n3)cc2)cc1. The van der Waals surface area contributed by atoms with Crippen LogP contribution in [-0.4, -0.2) is 52.5 Å². The number of fused-ring (bicyclic) bond motifs is 1. The fourth-order valence-electron chi connectivity index (χ4n) is 4.76. The van der Waals surface area contributed by atoms with Crippen LogP contribution in [0.4, 0.5) is 5.95 Å². The van der Waals surface area contributed by atoms with Gasteiger partial charge in [0.25, 0.3) is 0 Å². The Bertz CT molecular complexity index is 1250. The van der Waals surface area contributed by atoms with Crippen molar-refractivity contribution < 1.29 is 9.47 Å².